The Balaban J connectivity index is 2.11. The maximum atomic E-state index is 3.76. The molecular weight excluding hydrogens is 256 g/mol. The van der Waals surface area contributed by atoms with Crippen molar-refractivity contribution in [2.24, 2.45) is 0 Å². The number of hydrogen-bond acceptors (Lipinski definition) is 2. The third kappa shape index (κ3) is 4.31. The van der Waals surface area contributed by atoms with Crippen molar-refractivity contribution in [3.05, 3.63) is 34.9 Å². The second-order valence-electron chi connectivity index (χ2n) is 6.55. The van der Waals surface area contributed by atoms with E-state index in [-0.39, 0.29) is 0 Å². The van der Waals surface area contributed by atoms with Crippen LogP contribution in [-0.2, 0) is 0 Å². The number of nitrogens with zero attached hydrogens (tertiary/aromatic N) is 1. The normalized spacial score (nSPS) is 20.9. The summed E-state index contributed by atoms with van der Waals surface area (Å²) in [5.74, 6) is 0. The molecule has 1 fully saturated rings. The summed E-state index contributed by atoms with van der Waals surface area (Å²) in [4.78, 5) is 2.70. The van der Waals surface area contributed by atoms with Crippen molar-refractivity contribution in [2.75, 3.05) is 19.6 Å². The number of likely N-dealkylation sites (tertiary alicyclic amines) is 1. The molecule has 1 aliphatic rings. The SMILES string of the molecule is CCCNC(CN1CCCC1CC)c1ccc(C)c(C)c1. The minimum atomic E-state index is 0.469. The van der Waals surface area contributed by atoms with Gasteiger partial charge < -0.3 is 5.32 Å². The molecule has 0 spiro atoms. The fourth-order valence-electron chi connectivity index (χ4n) is 3.42. The van der Waals surface area contributed by atoms with Crippen LogP contribution in [-0.4, -0.2) is 30.6 Å². The van der Waals surface area contributed by atoms with E-state index in [0.29, 0.717) is 6.04 Å². The Kier molecular flexibility index (Phi) is 6.25. The third-order valence-electron chi connectivity index (χ3n) is 4.96. The smallest absolute Gasteiger partial charge is 0.0449 e. The van der Waals surface area contributed by atoms with E-state index >= 15 is 0 Å². The summed E-state index contributed by atoms with van der Waals surface area (Å²) in [6.07, 6.45) is 5.22. The Morgan fingerprint density at radius 1 is 1.24 bits per heavy atom. The summed E-state index contributed by atoms with van der Waals surface area (Å²) in [6, 6.07) is 8.22. The molecule has 0 aliphatic carbocycles. The predicted molar refractivity (Wildman–Crippen MR) is 91.8 cm³/mol. The molecule has 2 heteroatoms. The first-order chi connectivity index (χ1) is 10.2. The lowest BCUT2D eigenvalue weighted by atomic mass is 10.00. The fourth-order valence-corrected chi connectivity index (χ4v) is 3.42. The molecule has 2 rings (SSSR count). The zero-order valence-electron chi connectivity index (χ0n) is 14.3. The van der Waals surface area contributed by atoms with E-state index in [1.54, 1.807) is 0 Å². The topological polar surface area (TPSA) is 15.3 Å². The highest BCUT2D eigenvalue weighted by Gasteiger charge is 2.25. The minimum absolute atomic E-state index is 0.469. The molecule has 118 valence electrons. The summed E-state index contributed by atoms with van der Waals surface area (Å²) in [5.41, 5.74) is 4.25. The first-order valence-corrected chi connectivity index (χ1v) is 8.70. The second-order valence-corrected chi connectivity index (χ2v) is 6.55. The van der Waals surface area contributed by atoms with E-state index in [0.717, 1.165) is 19.1 Å². The summed E-state index contributed by atoms with van der Waals surface area (Å²) in [7, 11) is 0. The highest BCUT2D eigenvalue weighted by atomic mass is 15.2. The lowest BCUT2D eigenvalue weighted by Crippen LogP contribution is -2.38. The molecule has 2 unspecified atom stereocenters. The maximum Gasteiger partial charge on any atom is 0.0449 e. The van der Waals surface area contributed by atoms with Gasteiger partial charge in [-0.2, -0.15) is 0 Å². The van der Waals surface area contributed by atoms with Gasteiger partial charge in [0.25, 0.3) is 0 Å². The van der Waals surface area contributed by atoms with Crippen LogP contribution < -0.4 is 5.32 Å². The second kappa shape index (κ2) is 7.95. The van der Waals surface area contributed by atoms with E-state index in [1.165, 1.54) is 48.9 Å². The minimum Gasteiger partial charge on any atom is -0.309 e. The predicted octanol–water partition coefficient (Wildman–Crippen LogP) is 4.22. The molecule has 0 radical (unpaired) electrons. The molecule has 1 saturated heterocycles. The van der Waals surface area contributed by atoms with Crippen molar-refractivity contribution in [3.63, 3.8) is 0 Å². The van der Waals surface area contributed by atoms with E-state index in [9.17, 15) is 0 Å². The highest BCUT2D eigenvalue weighted by Crippen LogP contribution is 2.25. The molecule has 1 aromatic rings. The quantitative estimate of drug-likeness (QED) is 0.808. The van der Waals surface area contributed by atoms with Crippen LogP contribution in [0.3, 0.4) is 0 Å². The monoisotopic (exact) mass is 288 g/mol. The lowest BCUT2D eigenvalue weighted by Gasteiger charge is -2.29. The summed E-state index contributed by atoms with van der Waals surface area (Å²) < 4.78 is 0. The van der Waals surface area contributed by atoms with Crippen molar-refractivity contribution >= 4 is 0 Å². The molecule has 0 saturated carbocycles. The zero-order valence-corrected chi connectivity index (χ0v) is 14.3. The van der Waals surface area contributed by atoms with Crippen LogP contribution in [0.25, 0.3) is 0 Å². The molecule has 2 atom stereocenters. The van der Waals surface area contributed by atoms with Crippen molar-refractivity contribution in [1.82, 2.24) is 10.2 Å². The Hall–Kier alpha value is -0.860. The van der Waals surface area contributed by atoms with Gasteiger partial charge in [-0.15, -0.1) is 0 Å². The fraction of sp³-hybridized carbons (Fsp3) is 0.684. The Labute approximate surface area is 130 Å². The number of aryl methyl sites for hydroxylation is 2. The van der Waals surface area contributed by atoms with Gasteiger partial charge in [-0.3, -0.25) is 4.90 Å². The molecule has 2 nitrogen and oxygen atoms in total. The van der Waals surface area contributed by atoms with Crippen LogP contribution >= 0.6 is 0 Å². The van der Waals surface area contributed by atoms with Gasteiger partial charge in [-0.05, 0) is 69.3 Å². The van der Waals surface area contributed by atoms with Crippen LogP contribution in [0, 0.1) is 13.8 Å². The number of nitrogens with one attached hydrogen (secondary N) is 1. The molecule has 0 bridgehead atoms. The van der Waals surface area contributed by atoms with Crippen LogP contribution in [0.2, 0.25) is 0 Å². The van der Waals surface area contributed by atoms with Gasteiger partial charge in [-0.25, -0.2) is 0 Å². The van der Waals surface area contributed by atoms with E-state index in [1.807, 2.05) is 0 Å². The Morgan fingerprint density at radius 2 is 2.05 bits per heavy atom. The molecule has 0 amide bonds. The molecule has 0 aromatic heterocycles. The Morgan fingerprint density at radius 3 is 2.71 bits per heavy atom. The number of benzene rings is 1. The van der Waals surface area contributed by atoms with Crippen LogP contribution in [0.15, 0.2) is 18.2 Å². The van der Waals surface area contributed by atoms with E-state index in [4.69, 9.17) is 0 Å². The lowest BCUT2D eigenvalue weighted by molar-refractivity contribution is 0.221. The van der Waals surface area contributed by atoms with Crippen molar-refractivity contribution in [2.45, 2.75) is 65.5 Å². The third-order valence-corrected chi connectivity index (χ3v) is 4.96. The van der Waals surface area contributed by atoms with Crippen molar-refractivity contribution < 1.29 is 0 Å². The van der Waals surface area contributed by atoms with Crippen LogP contribution in [0.4, 0.5) is 0 Å². The van der Waals surface area contributed by atoms with Gasteiger partial charge in [0.1, 0.15) is 0 Å². The molecule has 1 N–H and O–H groups in total. The Bertz CT molecular complexity index is 441. The number of hydrogen-bond donors (Lipinski definition) is 1. The van der Waals surface area contributed by atoms with Crippen molar-refractivity contribution in [1.29, 1.82) is 0 Å². The average Bonchev–Trinajstić information content (AvgIpc) is 2.93. The molecule has 1 heterocycles. The van der Waals surface area contributed by atoms with Gasteiger partial charge in [0.15, 0.2) is 0 Å². The van der Waals surface area contributed by atoms with Crippen molar-refractivity contribution in [3.8, 4) is 0 Å². The van der Waals surface area contributed by atoms with Gasteiger partial charge >= 0.3 is 0 Å². The number of rotatable bonds is 7. The molecule has 1 aliphatic heterocycles. The largest absolute Gasteiger partial charge is 0.309 e. The maximum absolute atomic E-state index is 3.76. The standard InChI is InChI=1S/C19H32N2/c1-5-11-20-19(14-21-12-7-8-18(21)6-2)17-10-9-15(3)16(4)13-17/h9-10,13,18-20H,5-8,11-12,14H2,1-4H3. The van der Waals surface area contributed by atoms with Gasteiger partial charge in [-0.1, -0.05) is 32.0 Å². The van der Waals surface area contributed by atoms with Crippen LogP contribution in [0.1, 0.15) is 62.3 Å². The summed E-state index contributed by atoms with van der Waals surface area (Å²) in [5, 5.41) is 3.76. The van der Waals surface area contributed by atoms with Gasteiger partial charge in [0.05, 0.1) is 0 Å². The van der Waals surface area contributed by atoms with E-state index < -0.39 is 0 Å². The summed E-state index contributed by atoms with van der Waals surface area (Å²) in [6.45, 7) is 12.5. The first-order valence-electron chi connectivity index (χ1n) is 8.70. The average molecular weight is 288 g/mol. The zero-order chi connectivity index (χ0) is 15.2. The summed E-state index contributed by atoms with van der Waals surface area (Å²) >= 11 is 0. The molecule has 21 heavy (non-hydrogen) atoms. The van der Waals surface area contributed by atoms with E-state index in [2.05, 4.69) is 56.1 Å². The highest BCUT2D eigenvalue weighted by molar-refractivity contribution is 5.32. The molecule has 1 aromatic carbocycles. The molecular formula is C19H32N2. The van der Waals surface area contributed by atoms with Crippen LogP contribution in [0.5, 0.6) is 0 Å². The van der Waals surface area contributed by atoms with Gasteiger partial charge in [0, 0.05) is 18.6 Å². The van der Waals surface area contributed by atoms with Gasteiger partial charge in [0.2, 0.25) is 0 Å². The first kappa shape index (κ1) is 16.5.